The first kappa shape index (κ1) is 17.6. The second-order valence-electron chi connectivity index (χ2n) is 6.67. The van der Waals surface area contributed by atoms with Crippen LogP contribution >= 0.6 is 28.5 Å². The van der Waals surface area contributed by atoms with Gasteiger partial charge in [0.2, 0.25) is 0 Å². The van der Waals surface area contributed by atoms with Gasteiger partial charge >= 0.3 is 7.12 Å². The van der Waals surface area contributed by atoms with Gasteiger partial charge in [0.05, 0.1) is 29.8 Å². The SMILES string of the molecule is CC1(C)OB(c2ccc(COPI)c3ncccc23)OC1(C)C. The minimum Gasteiger partial charge on any atom is -0.399 e. The molecule has 2 aromatic rings. The quantitative estimate of drug-likeness (QED) is 0.407. The zero-order valence-electron chi connectivity index (χ0n) is 13.7. The fraction of sp³-hybridized carbons (Fsp3) is 0.438. The van der Waals surface area contributed by atoms with Crippen molar-refractivity contribution >= 4 is 52.0 Å². The molecule has 1 aliphatic heterocycles. The predicted octanol–water partition coefficient (Wildman–Crippen LogP) is 3.99. The van der Waals surface area contributed by atoms with Gasteiger partial charge in [-0.25, -0.2) is 0 Å². The van der Waals surface area contributed by atoms with Gasteiger partial charge < -0.3 is 13.8 Å². The van der Waals surface area contributed by atoms with E-state index in [2.05, 4.69) is 72.9 Å². The molecule has 0 spiro atoms. The minimum atomic E-state index is -0.381. The highest BCUT2D eigenvalue weighted by atomic mass is 127. The van der Waals surface area contributed by atoms with Crippen molar-refractivity contribution in [3.05, 3.63) is 36.0 Å². The molecular weight excluding hydrogens is 423 g/mol. The fourth-order valence-corrected chi connectivity index (χ4v) is 3.33. The molecule has 23 heavy (non-hydrogen) atoms. The van der Waals surface area contributed by atoms with Crippen LogP contribution in [0.2, 0.25) is 0 Å². The predicted molar refractivity (Wildman–Crippen MR) is 105 cm³/mol. The van der Waals surface area contributed by atoms with E-state index in [0.29, 0.717) is 13.1 Å². The van der Waals surface area contributed by atoms with Gasteiger partial charge in [0, 0.05) is 17.1 Å². The average molecular weight is 443 g/mol. The molecule has 0 saturated carbocycles. The van der Waals surface area contributed by atoms with Gasteiger partial charge in [0.15, 0.2) is 0 Å². The monoisotopic (exact) mass is 443 g/mol. The molecule has 1 saturated heterocycles. The molecule has 122 valence electrons. The van der Waals surface area contributed by atoms with E-state index >= 15 is 0 Å². The largest absolute Gasteiger partial charge is 0.495 e. The van der Waals surface area contributed by atoms with Crippen LogP contribution in [-0.4, -0.2) is 23.3 Å². The standard InChI is InChI=1S/C16H20BINO3P/c1-15(2)16(3,4)22-17(21-15)13-8-7-11(10-20-23-18)14-12(13)6-5-9-19-14/h5-9,23H,10H2,1-4H3. The third-order valence-electron chi connectivity index (χ3n) is 4.68. The van der Waals surface area contributed by atoms with Crippen molar-refractivity contribution in [1.29, 1.82) is 0 Å². The summed E-state index contributed by atoms with van der Waals surface area (Å²) < 4.78 is 18.0. The molecule has 4 nitrogen and oxygen atoms in total. The number of pyridine rings is 1. The Morgan fingerprint density at radius 2 is 1.87 bits per heavy atom. The molecule has 0 bridgehead atoms. The maximum Gasteiger partial charge on any atom is 0.495 e. The highest BCUT2D eigenvalue weighted by Crippen LogP contribution is 2.37. The van der Waals surface area contributed by atoms with Crippen molar-refractivity contribution in [3.63, 3.8) is 0 Å². The topological polar surface area (TPSA) is 40.6 Å². The lowest BCUT2D eigenvalue weighted by molar-refractivity contribution is 0.00578. The molecule has 1 fully saturated rings. The maximum absolute atomic E-state index is 6.20. The Balaban J connectivity index is 2.03. The highest BCUT2D eigenvalue weighted by molar-refractivity contribution is 14.2. The van der Waals surface area contributed by atoms with Crippen molar-refractivity contribution in [2.45, 2.75) is 45.5 Å². The van der Waals surface area contributed by atoms with Crippen molar-refractivity contribution in [3.8, 4) is 0 Å². The number of aromatic nitrogens is 1. The Labute approximate surface area is 152 Å². The minimum absolute atomic E-state index is 0.351. The number of benzene rings is 1. The number of rotatable bonds is 4. The lowest BCUT2D eigenvalue weighted by Gasteiger charge is -2.32. The van der Waals surface area contributed by atoms with E-state index < -0.39 is 0 Å². The lowest BCUT2D eigenvalue weighted by atomic mass is 9.76. The first-order chi connectivity index (χ1) is 10.9. The van der Waals surface area contributed by atoms with Crippen LogP contribution in [0.25, 0.3) is 10.9 Å². The summed E-state index contributed by atoms with van der Waals surface area (Å²) in [6.45, 7) is 9.27. The average Bonchev–Trinajstić information content (AvgIpc) is 2.72. The van der Waals surface area contributed by atoms with Crippen molar-refractivity contribution in [2.24, 2.45) is 0 Å². The number of hydrogen-bond acceptors (Lipinski definition) is 4. The molecule has 1 atom stereocenters. The second kappa shape index (κ2) is 6.56. The van der Waals surface area contributed by atoms with E-state index in [4.69, 9.17) is 13.8 Å². The molecule has 3 rings (SSSR count). The first-order valence-corrected chi connectivity index (χ1v) is 11.6. The van der Waals surface area contributed by atoms with E-state index in [1.807, 2.05) is 12.3 Å². The van der Waals surface area contributed by atoms with Gasteiger partial charge in [-0.3, -0.25) is 4.98 Å². The van der Waals surface area contributed by atoms with E-state index in [1.54, 1.807) is 0 Å². The third kappa shape index (κ3) is 3.29. The normalized spacial score (nSPS) is 20.0. The summed E-state index contributed by atoms with van der Waals surface area (Å²) in [6.07, 6.45) is 1.81. The Kier molecular flexibility index (Phi) is 5.01. The van der Waals surface area contributed by atoms with Crippen LogP contribution in [0.4, 0.5) is 0 Å². The zero-order valence-corrected chi connectivity index (χ0v) is 16.9. The van der Waals surface area contributed by atoms with Crippen molar-refractivity contribution in [1.82, 2.24) is 4.98 Å². The first-order valence-electron chi connectivity index (χ1n) is 7.55. The lowest BCUT2D eigenvalue weighted by Crippen LogP contribution is -2.41. The van der Waals surface area contributed by atoms with Gasteiger partial charge in [-0.15, -0.1) is 0 Å². The summed E-state index contributed by atoms with van der Waals surface area (Å²) in [5.74, 6) is 0. The molecule has 1 unspecified atom stereocenters. The Morgan fingerprint density at radius 3 is 2.52 bits per heavy atom. The zero-order chi connectivity index (χ0) is 16.7. The van der Waals surface area contributed by atoms with E-state index in [9.17, 15) is 0 Å². The van der Waals surface area contributed by atoms with Crippen LogP contribution in [0.3, 0.4) is 0 Å². The van der Waals surface area contributed by atoms with Gasteiger partial charge in [-0.2, -0.15) is 0 Å². The molecule has 1 aromatic heterocycles. The molecule has 0 amide bonds. The maximum atomic E-state index is 6.20. The smallest absolute Gasteiger partial charge is 0.399 e. The van der Waals surface area contributed by atoms with Gasteiger partial charge in [0.25, 0.3) is 0 Å². The molecular formula is C16H20BINO3P. The van der Waals surface area contributed by atoms with E-state index in [-0.39, 0.29) is 18.3 Å². The molecule has 0 radical (unpaired) electrons. The summed E-state index contributed by atoms with van der Waals surface area (Å²) in [5, 5.41) is 1.06. The summed E-state index contributed by atoms with van der Waals surface area (Å²) in [4.78, 5) is 4.55. The number of halogens is 1. The second-order valence-corrected chi connectivity index (χ2v) is 8.43. The van der Waals surface area contributed by atoms with Gasteiger partial charge in [0.1, 0.15) is 0 Å². The van der Waals surface area contributed by atoms with Crippen LogP contribution in [0.15, 0.2) is 30.5 Å². The highest BCUT2D eigenvalue weighted by Gasteiger charge is 2.52. The summed E-state index contributed by atoms with van der Waals surface area (Å²) in [7, 11) is -0.381. The van der Waals surface area contributed by atoms with Gasteiger partial charge in [-0.1, -0.05) is 18.2 Å². The fourth-order valence-electron chi connectivity index (χ4n) is 2.65. The summed E-state index contributed by atoms with van der Waals surface area (Å²) >= 11 is 2.23. The van der Waals surface area contributed by atoms with Crippen LogP contribution in [-0.2, 0) is 20.4 Å². The number of hydrogen-bond donors (Lipinski definition) is 0. The van der Waals surface area contributed by atoms with Crippen LogP contribution in [0, 0.1) is 0 Å². The summed E-state index contributed by atoms with van der Waals surface area (Å²) in [5.41, 5.74) is 2.36. The number of fused-ring (bicyclic) bond motifs is 1. The molecule has 0 aliphatic carbocycles. The molecule has 1 aliphatic rings. The number of nitrogens with zero attached hydrogens (tertiary/aromatic N) is 1. The Morgan fingerprint density at radius 1 is 1.17 bits per heavy atom. The molecule has 1 aromatic carbocycles. The molecule has 0 N–H and O–H groups in total. The van der Waals surface area contributed by atoms with Crippen LogP contribution in [0.1, 0.15) is 33.3 Å². The molecule has 7 heteroatoms. The Bertz CT molecular complexity index is 710. The summed E-state index contributed by atoms with van der Waals surface area (Å²) in [6, 6.07) is 8.15. The van der Waals surface area contributed by atoms with Gasteiger partial charge in [-0.05, 0) is 61.3 Å². The van der Waals surface area contributed by atoms with Crippen molar-refractivity contribution < 1.29 is 13.8 Å². The van der Waals surface area contributed by atoms with Crippen LogP contribution < -0.4 is 5.46 Å². The third-order valence-corrected chi connectivity index (χ3v) is 5.86. The van der Waals surface area contributed by atoms with Crippen molar-refractivity contribution in [2.75, 3.05) is 0 Å². The van der Waals surface area contributed by atoms with E-state index in [1.165, 1.54) is 0 Å². The molecule has 2 heterocycles. The van der Waals surface area contributed by atoms with Crippen LogP contribution in [0.5, 0.6) is 0 Å². The Hall–Kier alpha value is -0.265. The van der Waals surface area contributed by atoms with E-state index in [0.717, 1.165) is 21.9 Å².